The normalized spacial score (nSPS) is 17.4. The summed E-state index contributed by atoms with van der Waals surface area (Å²) in [6.45, 7) is 6.25. The summed E-state index contributed by atoms with van der Waals surface area (Å²) in [7, 11) is 1.65. The first kappa shape index (κ1) is 9.92. The molecule has 62 valence electrons. The largest absolute Gasteiger partial charge is 0.393 e. The summed E-state index contributed by atoms with van der Waals surface area (Å²) in [6, 6.07) is 0. The second-order valence-corrected chi connectivity index (χ2v) is 2.94. The van der Waals surface area contributed by atoms with Crippen LogP contribution in [0.4, 0.5) is 0 Å². The summed E-state index contributed by atoms with van der Waals surface area (Å²) < 4.78 is 5.25. The van der Waals surface area contributed by atoms with E-state index in [1.165, 1.54) is 0 Å². The van der Waals surface area contributed by atoms with E-state index in [2.05, 4.69) is 13.8 Å². The predicted octanol–water partition coefficient (Wildman–Crippen LogP) is 1.43. The molecule has 1 atom stereocenters. The minimum Gasteiger partial charge on any atom is -0.393 e. The van der Waals surface area contributed by atoms with Crippen LogP contribution in [0.15, 0.2) is 0 Å². The van der Waals surface area contributed by atoms with Gasteiger partial charge in [0.05, 0.1) is 12.2 Å². The van der Waals surface area contributed by atoms with Gasteiger partial charge in [0, 0.05) is 7.11 Å². The molecule has 0 radical (unpaired) electrons. The molecule has 0 heterocycles. The lowest BCUT2D eigenvalue weighted by atomic mass is 9.88. The summed E-state index contributed by atoms with van der Waals surface area (Å²) in [6.07, 6.45) is 0.859. The SMILES string of the molecule is CC[C@](CO)(OC)C(C)C. The first-order valence-corrected chi connectivity index (χ1v) is 3.79. The highest BCUT2D eigenvalue weighted by Crippen LogP contribution is 2.23. The molecule has 0 bridgehead atoms. The van der Waals surface area contributed by atoms with Crippen LogP contribution in [-0.4, -0.2) is 24.4 Å². The van der Waals surface area contributed by atoms with E-state index < -0.39 is 0 Å². The summed E-state index contributed by atoms with van der Waals surface area (Å²) in [5, 5.41) is 9.02. The molecule has 0 rings (SSSR count). The molecule has 0 fully saturated rings. The summed E-state index contributed by atoms with van der Waals surface area (Å²) in [5.41, 5.74) is -0.319. The zero-order valence-electron chi connectivity index (χ0n) is 7.35. The van der Waals surface area contributed by atoms with Gasteiger partial charge < -0.3 is 9.84 Å². The molecule has 0 unspecified atom stereocenters. The molecule has 0 aliphatic carbocycles. The Morgan fingerprint density at radius 1 is 1.50 bits per heavy atom. The molecule has 0 aromatic rings. The molecule has 0 amide bonds. The van der Waals surface area contributed by atoms with Crippen LogP contribution in [0.25, 0.3) is 0 Å². The number of aliphatic hydroxyl groups excluding tert-OH is 1. The lowest BCUT2D eigenvalue weighted by Crippen LogP contribution is -2.40. The Kier molecular flexibility index (Phi) is 3.91. The molecule has 10 heavy (non-hydrogen) atoms. The summed E-state index contributed by atoms with van der Waals surface area (Å²) in [4.78, 5) is 0. The van der Waals surface area contributed by atoms with Crippen LogP contribution in [0.3, 0.4) is 0 Å². The van der Waals surface area contributed by atoms with Crippen molar-refractivity contribution in [2.45, 2.75) is 32.8 Å². The Labute approximate surface area is 63.2 Å². The van der Waals surface area contributed by atoms with E-state index in [-0.39, 0.29) is 12.2 Å². The van der Waals surface area contributed by atoms with Crippen molar-refractivity contribution in [1.82, 2.24) is 0 Å². The maximum absolute atomic E-state index is 9.02. The topological polar surface area (TPSA) is 29.5 Å². The molecule has 2 heteroatoms. The minimum absolute atomic E-state index is 0.109. The maximum atomic E-state index is 9.02. The lowest BCUT2D eigenvalue weighted by Gasteiger charge is -2.33. The minimum atomic E-state index is -0.319. The third kappa shape index (κ3) is 1.70. The number of ether oxygens (including phenoxy) is 1. The fourth-order valence-corrected chi connectivity index (χ4v) is 1.15. The maximum Gasteiger partial charge on any atom is 0.0928 e. The fourth-order valence-electron chi connectivity index (χ4n) is 1.15. The molecule has 0 aliphatic heterocycles. The van der Waals surface area contributed by atoms with Gasteiger partial charge in [0.25, 0.3) is 0 Å². The summed E-state index contributed by atoms with van der Waals surface area (Å²) in [5.74, 6) is 0.368. The lowest BCUT2D eigenvalue weighted by molar-refractivity contribution is -0.0864. The quantitative estimate of drug-likeness (QED) is 0.650. The fraction of sp³-hybridized carbons (Fsp3) is 1.00. The van der Waals surface area contributed by atoms with E-state index >= 15 is 0 Å². The van der Waals surface area contributed by atoms with Crippen LogP contribution in [0.2, 0.25) is 0 Å². The first-order chi connectivity index (χ1) is 4.63. The number of methoxy groups -OCH3 is 1. The van der Waals surface area contributed by atoms with E-state index in [1.54, 1.807) is 7.11 Å². The van der Waals surface area contributed by atoms with Crippen LogP contribution in [0, 0.1) is 5.92 Å². The van der Waals surface area contributed by atoms with Crippen LogP contribution >= 0.6 is 0 Å². The van der Waals surface area contributed by atoms with Gasteiger partial charge in [-0.1, -0.05) is 20.8 Å². The highest BCUT2D eigenvalue weighted by Gasteiger charge is 2.30. The van der Waals surface area contributed by atoms with Gasteiger partial charge in [0.2, 0.25) is 0 Å². The molecular weight excluding hydrogens is 128 g/mol. The van der Waals surface area contributed by atoms with E-state index in [1.807, 2.05) is 6.92 Å². The van der Waals surface area contributed by atoms with Gasteiger partial charge in [0.15, 0.2) is 0 Å². The highest BCUT2D eigenvalue weighted by molar-refractivity contribution is 4.81. The van der Waals surface area contributed by atoms with Crippen molar-refractivity contribution >= 4 is 0 Å². The smallest absolute Gasteiger partial charge is 0.0928 e. The van der Waals surface area contributed by atoms with Crippen LogP contribution in [0.1, 0.15) is 27.2 Å². The van der Waals surface area contributed by atoms with Crippen molar-refractivity contribution in [3.8, 4) is 0 Å². The molecule has 1 N–H and O–H groups in total. The van der Waals surface area contributed by atoms with E-state index in [0.717, 1.165) is 6.42 Å². The second-order valence-electron chi connectivity index (χ2n) is 2.94. The summed E-state index contributed by atoms with van der Waals surface area (Å²) >= 11 is 0. The van der Waals surface area contributed by atoms with Crippen LogP contribution < -0.4 is 0 Å². The van der Waals surface area contributed by atoms with Crippen molar-refractivity contribution in [1.29, 1.82) is 0 Å². The van der Waals surface area contributed by atoms with Gasteiger partial charge in [-0.3, -0.25) is 0 Å². The standard InChI is InChI=1S/C8H18O2/c1-5-8(6-9,10-4)7(2)3/h7,9H,5-6H2,1-4H3/t8-/m1/s1. The predicted molar refractivity (Wildman–Crippen MR) is 42.0 cm³/mol. The van der Waals surface area contributed by atoms with Gasteiger partial charge in [-0.25, -0.2) is 0 Å². The van der Waals surface area contributed by atoms with Crippen molar-refractivity contribution < 1.29 is 9.84 Å². The van der Waals surface area contributed by atoms with Gasteiger partial charge in [-0.15, -0.1) is 0 Å². The number of hydrogen-bond acceptors (Lipinski definition) is 2. The molecule has 0 aliphatic rings. The zero-order valence-corrected chi connectivity index (χ0v) is 7.35. The van der Waals surface area contributed by atoms with Crippen LogP contribution in [0.5, 0.6) is 0 Å². The second kappa shape index (κ2) is 3.94. The van der Waals surface area contributed by atoms with Crippen molar-refractivity contribution in [3.05, 3.63) is 0 Å². The average Bonchev–Trinajstić information content (AvgIpc) is 1.92. The zero-order chi connectivity index (χ0) is 8.20. The molecule has 0 aromatic carbocycles. The Balaban J connectivity index is 4.15. The van der Waals surface area contributed by atoms with Crippen LogP contribution in [-0.2, 0) is 4.74 Å². The average molecular weight is 146 g/mol. The third-order valence-corrected chi connectivity index (χ3v) is 2.32. The van der Waals surface area contributed by atoms with Gasteiger partial charge in [-0.05, 0) is 12.3 Å². The van der Waals surface area contributed by atoms with E-state index in [0.29, 0.717) is 5.92 Å². The van der Waals surface area contributed by atoms with Crippen molar-refractivity contribution in [3.63, 3.8) is 0 Å². The molecule has 0 saturated heterocycles. The van der Waals surface area contributed by atoms with Gasteiger partial charge in [-0.2, -0.15) is 0 Å². The van der Waals surface area contributed by atoms with Gasteiger partial charge in [0.1, 0.15) is 0 Å². The van der Waals surface area contributed by atoms with Gasteiger partial charge >= 0.3 is 0 Å². The van der Waals surface area contributed by atoms with Crippen molar-refractivity contribution in [2.75, 3.05) is 13.7 Å². The Hall–Kier alpha value is -0.0800. The molecule has 0 spiro atoms. The highest BCUT2D eigenvalue weighted by atomic mass is 16.5. The first-order valence-electron chi connectivity index (χ1n) is 3.79. The van der Waals surface area contributed by atoms with E-state index in [9.17, 15) is 0 Å². The number of aliphatic hydroxyl groups is 1. The number of hydrogen-bond donors (Lipinski definition) is 1. The van der Waals surface area contributed by atoms with Crippen molar-refractivity contribution in [2.24, 2.45) is 5.92 Å². The van der Waals surface area contributed by atoms with E-state index in [4.69, 9.17) is 9.84 Å². The monoisotopic (exact) mass is 146 g/mol. The molecular formula is C8H18O2. The molecule has 0 aromatic heterocycles. The Morgan fingerprint density at radius 2 is 2.00 bits per heavy atom. The Bertz CT molecular complexity index is 77.0. The number of rotatable bonds is 4. The molecule has 0 saturated carbocycles. The molecule has 2 nitrogen and oxygen atoms in total. The Morgan fingerprint density at radius 3 is 2.00 bits per heavy atom. The third-order valence-electron chi connectivity index (χ3n) is 2.32.